The Morgan fingerprint density at radius 1 is 1.21 bits per heavy atom. The lowest BCUT2D eigenvalue weighted by Crippen LogP contribution is -2.38. The van der Waals surface area contributed by atoms with Gasteiger partial charge in [-0.25, -0.2) is 13.2 Å². The number of amides is 2. The molecule has 0 aliphatic heterocycles. The number of pyridine rings is 1. The quantitative estimate of drug-likeness (QED) is 0.901. The first kappa shape index (κ1) is 17.9. The third kappa shape index (κ3) is 4.55. The number of benzene rings is 1. The molecule has 0 fully saturated rings. The molecule has 6 nitrogen and oxygen atoms in total. The largest absolute Gasteiger partial charge is 0.332 e. The Hall–Kier alpha value is -2.41. The van der Waals surface area contributed by atoms with Crippen molar-refractivity contribution in [2.24, 2.45) is 0 Å². The van der Waals surface area contributed by atoms with Gasteiger partial charge < -0.3 is 10.2 Å². The third-order valence-electron chi connectivity index (χ3n) is 3.84. The Bertz CT molecular complexity index is 790. The summed E-state index contributed by atoms with van der Waals surface area (Å²) >= 11 is 0. The molecule has 2 amide bonds. The van der Waals surface area contributed by atoms with E-state index in [0.29, 0.717) is 6.54 Å². The first-order chi connectivity index (χ1) is 11.3. The van der Waals surface area contributed by atoms with Crippen molar-refractivity contribution in [1.29, 1.82) is 0 Å². The molecular formula is C17H21N3O3S. The van der Waals surface area contributed by atoms with E-state index in [4.69, 9.17) is 0 Å². The van der Waals surface area contributed by atoms with Crippen molar-refractivity contribution < 1.29 is 13.2 Å². The van der Waals surface area contributed by atoms with Crippen LogP contribution in [-0.2, 0) is 16.4 Å². The van der Waals surface area contributed by atoms with Crippen LogP contribution >= 0.6 is 0 Å². The molecule has 0 spiro atoms. The number of hydrogen-bond acceptors (Lipinski definition) is 4. The summed E-state index contributed by atoms with van der Waals surface area (Å²) in [7, 11) is -1.52. The van der Waals surface area contributed by atoms with Gasteiger partial charge in [0.2, 0.25) is 0 Å². The molecule has 128 valence electrons. The Morgan fingerprint density at radius 2 is 1.88 bits per heavy atom. The van der Waals surface area contributed by atoms with Crippen LogP contribution in [0.1, 0.15) is 24.2 Å². The van der Waals surface area contributed by atoms with Crippen LogP contribution in [0.15, 0.2) is 53.6 Å². The summed E-state index contributed by atoms with van der Waals surface area (Å²) < 4.78 is 23.0. The normalized spacial score (nSPS) is 12.5. The first-order valence-electron chi connectivity index (χ1n) is 7.49. The molecule has 2 rings (SSSR count). The van der Waals surface area contributed by atoms with Crippen LogP contribution in [0.25, 0.3) is 0 Å². The number of aromatic nitrogens is 1. The van der Waals surface area contributed by atoms with Crippen molar-refractivity contribution in [1.82, 2.24) is 15.2 Å². The standard InChI is InChI=1S/C17H21N3O3S/c1-13(14-7-9-16(10-8-14)24(3,22)23)20(2)17(21)19-12-15-6-4-5-11-18-15/h4-11,13H,12H2,1-3H3,(H,19,21)/t13-/m0/s1. The molecule has 1 heterocycles. The van der Waals surface area contributed by atoms with Crippen LogP contribution in [0.2, 0.25) is 0 Å². The van der Waals surface area contributed by atoms with Gasteiger partial charge in [-0.05, 0) is 36.8 Å². The minimum atomic E-state index is -3.22. The molecule has 0 aliphatic rings. The maximum absolute atomic E-state index is 12.2. The fourth-order valence-corrected chi connectivity index (χ4v) is 2.82. The second kappa shape index (κ2) is 7.44. The van der Waals surface area contributed by atoms with Crippen molar-refractivity contribution in [2.75, 3.05) is 13.3 Å². The van der Waals surface area contributed by atoms with Crippen LogP contribution in [0.3, 0.4) is 0 Å². The van der Waals surface area contributed by atoms with E-state index in [0.717, 1.165) is 11.3 Å². The molecule has 1 N–H and O–H groups in total. The topological polar surface area (TPSA) is 79.4 Å². The summed E-state index contributed by atoms with van der Waals surface area (Å²) in [5.74, 6) is 0. The van der Waals surface area contributed by atoms with E-state index in [-0.39, 0.29) is 17.0 Å². The molecule has 0 aliphatic carbocycles. The Kier molecular flexibility index (Phi) is 5.56. The molecule has 0 unspecified atom stereocenters. The van der Waals surface area contributed by atoms with Crippen LogP contribution in [0, 0.1) is 0 Å². The minimum absolute atomic E-state index is 0.192. The lowest BCUT2D eigenvalue weighted by molar-refractivity contribution is 0.194. The van der Waals surface area contributed by atoms with Gasteiger partial charge in [0.05, 0.1) is 23.2 Å². The fraction of sp³-hybridized carbons (Fsp3) is 0.294. The van der Waals surface area contributed by atoms with E-state index in [1.54, 1.807) is 42.4 Å². The zero-order chi connectivity index (χ0) is 17.7. The van der Waals surface area contributed by atoms with Gasteiger partial charge >= 0.3 is 6.03 Å². The molecule has 1 aromatic carbocycles. The van der Waals surface area contributed by atoms with Gasteiger partial charge in [0, 0.05) is 19.5 Å². The average molecular weight is 347 g/mol. The van der Waals surface area contributed by atoms with Gasteiger partial charge in [-0.2, -0.15) is 0 Å². The maximum Gasteiger partial charge on any atom is 0.317 e. The van der Waals surface area contributed by atoms with Crippen molar-refractivity contribution >= 4 is 15.9 Å². The molecule has 7 heteroatoms. The van der Waals surface area contributed by atoms with E-state index >= 15 is 0 Å². The Morgan fingerprint density at radius 3 is 2.42 bits per heavy atom. The third-order valence-corrected chi connectivity index (χ3v) is 4.97. The predicted molar refractivity (Wildman–Crippen MR) is 92.2 cm³/mol. The van der Waals surface area contributed by atoms with Crippen LogP contribution < -0.4 is 5.32 Å². The van der Waals surface area contributed by atoms with Crippen molar-refractivity contribution in [3.8, 4) is 0 Å². The molecule has 0 radical (unpaired) electrons. The number of hydrogen-bond donors (Lipinski definition) is 1. The van der Waals surface area contributed by atoms with Crippen LogP contribution in [0.4, 0.5) is 4.79 Å². The lowest BCUT2D eigenvalue weighted by atomic mass is 10.1. The molecule has 0 saturated carbocycles. The summed E-state index contributed by atoms with van der Waals surface area (Å²) in [5, 5.41) is 2.81. The minimum Gasteiger partial charge on any atom is -0.332 e. The zero-order valence-electron chi connectivity index (χ0n) is 13.9. The van der Waals surface area contributed by atoms with Gasteiger partial charge in [0.15, 0.2) is 9.84 Å². The Balaban J connectivity index is 2.00. The highest BCUT2D eigenvalue weighted by Gasteiger charge is 2.18. The number of nitrogens with zero attached hydrogens (tertiary/aromatic N) is 2. The molecule has 0 saturated heterocycles. The first-order valence-corrected chi connectivity index (χ1v) is 9.39. The number of sulfone groups is 1. The molecule has 0 bridgehead atoms. The van der Waals surface area contributed by atoms with Gasteiger partial charge in [-0.15, -0.1) is 0 Å². The van der Waals surface area contributed by atoms with Gasteiger partial charge in [0.25, 0.3) is 0 Å². The summed E-state index contributed by atoms with van der Waals surface area (Å²) in [6.07, 6.45) is 2.85. The van der Waals surface area contributed by atoms with E-state index in [2.05, 4.69) is 10.3 Å². The maximum atomic E-state index is 12.2. The zero-order valence-corrected chi connectivity index (χ0v) is 14.7. The monoisotopic (exact) mass is 347 g/mol. The fourth-order valence-electron chi connectivity index (χ4n) is 2.19. The smallest absolute Gasteiger partial charge is 0.317 e. The van der Waals surface area contributed by atoms with Crippen molar-refractivity contribution in [3.63, 3.8) is 0 Å². The predicted octanol–water partition coefficient (Wildman–Crippen LogP) is 2.39. The number of rotatable bonds is 5. The van der Waals surface area contributed by atoms with Gasteiger partial charge in [0.1, 0.15) is 0 Å². The highest BCUT2D eigenvalue weighted by Crippen LogP contribution is 2.20. The number of nitrogens with one attached hydrogen (secondary N) is 1. The molecule has 1 aromatic heterocycles. The van der Waals surface area contributed by atoms with Crippen LogP contribution in [-0.4, -0.2) is 37.6 Å². The van der Waals surface area contributed by atoms with E-state index in [1.165, 1.54) is 6.26 Å². The van der Waals surface area contributed by atoms with E-state index in [9.17, 15) is 13.2 Å². The molecule has 1 atom stereocenters. The molecular weight excluding hydrogens is 326 g/mol. The SMILES string of the molecule is C[C@@H](c1ccc(S(C)(=O)=O)cc1)N(C)C(=O)NCc1ccccn1. The highest BCUT2D eigenvalue weighted by molar-refractivity contribution is 7.90. The molecule has 24 heavy (non-hydrogen) atoms. The van der Waals surface area contributed by atoms with Crippen molar-refractivity contribution in [3.05, 3.63) is 59.9 Å². The van der Waals surface area contributed by atoms with Crippen molar-refractivity contribution in [2.45, 2.75) is 24.4 Å². The lowest BCUT2D eigenvalue weighted by Gasteiger charge is -2.25. The van der Waals surface area contributed by atoms with Gasteiger partial charge in [-0.3, -0.25) is 4.98 Å². The summed E-state index contributed by atoms with van der Waals surface area (Å²) in [5.41, 5.74) is 1.64. The highest BCUT2D eigenvalue weighted by atomic mass is 32.2. The Labute approximate surface area is 142 Å². The summed E-state index contributed by atoms with van der Waals surface area (Å²) in [4.78, 5) is 18.2. The number of urea groups is 1. The second-order valence-electron chi connectivity index (χ2n) is 5.61. The summed E-state index contributed by atoms with van der Waals surface area (Å²) in [6, 6.07) is 11.7. The number of carbonyl (C=O) groups excluding carboxylic acids is 1. The second-order valence-corrected chi connectivity index (χ2v) is 7.62. The van der Waals surface area contributed by atoms with Gasteiger partial charge in [-0.1, -0.05) is 18.2 Å². The number of carbonyl (C=O) groups is 1. The average Bonchev–Trinajstić information content (AvgIpc) is 2.58. The van der Waals surface area contributed by atoms with E-state index < -0.39 is 9.84 Å². The summed E-state index contributed by atoms with van der Waals surface area (Å²) in [6.45, 7) is 2.24. The van der Waals surface area contributed by atoms with Crippen LogP contribution in [0.5, 0.6) is 0 Å². The van der Waals surface area contributed by atoms with E-state index in [1.807, 2.05) is 25.1 Å². The molecule has 2 aromatic rings.